The number of nitrogens with one attached hydrogen (secondary N) is 1. The Kier molecular flexibility index (Phi) is 6.90. The molecule has 1 aliphatic heterocycles. The lowest BCUT2D eigenvalue weighted by atomic mass is 10.0. The number of carbonyl (C=O) groups is 2. The van der Waals surface area contributed by atoms with E-state index < -0.39 is 12.0 Å². The first-order valence-corrected chi connectivity index (χ1v) is 8.48. The van der Waals surface area contributed by atoms with Crippen LogP contribution < -0.4 is 14.8 Å². The molecule has 1 aromatic carbocycles. The van der Waals surface area contributed by atoms with Gasteiger partial charge in [-0.1, -0.05) is 25.8 Å². The van der Waals surface area contributed by atoms with Crippen molar-refractivity contribution in [2.24, 2.45) is 0 Å². The lowest BCUT2D eigenvalue weighted by Crippen LogP contribution is -2.43. The number of fused-ring (bicyclic) bond motifs is 1. The summed E-state index contributed by atoms with van der Waals surface area (Å²) < 4.78 is 15.7. The van der Waals surface area contributed by atoms with E-state index in [9.17, 15) is 9.59 Å². The molecule has 1 N–H and O–H groups in total. The van der Waals surface area contributed by atoms with Gasteiger partial charge in [-0.15, -0.1) is 0 Å². The topological polar surface area (TPSA) is 73.9 Å². The van der Waals surface area contributed by atoms with Gasteiger partial charge in [0.15, 0.2) is 11.5 Å². The molecule has 132 valence electrons. The van der Waals surface area contributed by atoms with Crippen molar-refractivity contribution < 1.29 is 23.8 Å². The van der Waals surface area contributed by atoms with Crippen LogP contribution in [-0.2, 0) is 20.7 Å². The molecule has 2 rings (SSSR count). The van der Waals surface area contributed by atoms with E-state index in [1.54, 1.807) is 6.92 Å². The lowest BCUT2D eigenvalue weighted by molar-refractivity contribution is -0.147. The van der Waals surface area contributed by atoms with E-state index in [-0.39, 0.29) is 19.3 Å². The van der Waals surface area contributed by atoms with Crippen LogP contribution in [0.5, 0.6) is 11.5 Å². The second-order valence-corrected chi connectivity index (χ2v) is 5.72. The number of hydrogen-bond acceptors (Lipinski definition) is 5. The number of hydrogen-bond donors (Lipinski definition) is 1. The number of ether oxygens (including phenoxy) is 3. The van der Waals surface area contributed by atoms with Crippen molar-refractivity contribution in [2.45, 2.75) is 52.0 Å². The van der Waals surface area contributed by atoms with Crippen molar-refractivity contribution in [1.29, 1.82) is 0 Å². The molecule has 0 saturated carbocycles. The first-order chi connectivity index (χ1) is 11.6. The van der Waals surface area contributed by atoms with Crippen LogP contribution in [0.2, 0.25) is 0 Å². The summed E-state index contributed by atoms with van der Waals surface area (Å²) in [7, 11) is 0. The fraction of sp³-hybridized carbons (Fsp3) is 0.556. The van der Waals surface area contributed by atoms with Crippen LogP contribution in [0.1, 0.15) is 45.1 Å². The second-order valence-electron chi connectivity index (χ2n) is 5.72. The second kappa shape index (κ2) is 9.15. The molecule has 1 atom stereocenters. The maximum Gasteiger partial charge on any atom is 0.328 e. The van der Waals surface area contributed by atoms with Crippen molar-refractivity contribution in [3.63, 3.8) is 0 Å². The largest absolute Gasteiger partial charge is 0.464 e. The Morgan fingerprint density at radius 2 is 2.00 bits per heavy atom. The maximum absolute atomic E-state index is 12.2. The Hall–Kier alpha value is -2.24. The minimum Gasteiger partial charge on any atom is -0.464 e. The molecule has 6 nitrogen and oxygen atoms in total. The molecular weight excluding hydrogens is 310 g/mol. The molecule has 0 radical (unpaired) electrons. The lowest BCUT2D eigenvalue weighted by Gasteiger charge is -2.17. The molecule has 1 aromatic rings. The number of esters is 1. The van der Waals surface area contributed by atoms with E-state index in [2.05, 4.69) is 12.2 Å². The molecule has 1 amide bonds. The van der Waals surface area contributed by atoms with E-state index in [1.165, 1.54) is 0 Å². The highest BCUT2D eigenvalue weighted by Gasteiger charge is 2.23. The number of carbonyl (C=O) groups excluding carboxylic acids is 2. The third-order valence-corrected chi connectivity index (χ3v) is 3.79. The SMILES string of the molecule is CCCCCC(=O)NC(Cc1ccc2c(c1)OCO2)C(=O)OCC. The fourth-order valence-corrected chi connectivity index (χ4v) is 2.54. The third kappa shape index (κ3) is 5.15. The molecule has 6 heteroatoms. The summed E-state index contributed by atoms with van der Waals surface area (Å²) in [6.07, 6.45) is 3.65. The summed E-state index contributed by atoms with van der Waals surface area (Å²) in [5.41, 5.74) is 0.881. The van der Waals surface area contributed by atoms with Crippen LogP contribution in [-0.4, -0.2) is 31.3 Å². The van der Waals surface area contributed by atoms with Gasteiger partial charge in [-0.05, 0) is 31.0 Å². The molecule has 0 aromatic heterocycles. The summed E-state index contributed by atoms with van der Waals surface area (Å²) >= 11 is 0. The summed E-state index contributed by atoms with van der Waals surface area (Å²) in [5.74, 6) is 0.806. The Bertz CT molecular complexity index is 573. The Labute approximate surface area is 142 Å². The van der Waals surface area contributed by atoms with Gasteiger partial charge in [-0.3, -0.25) is 4.79 Å². The van der Waals surface area contributed by atoms with Crippen LogP contribution >= 0.6 is 0 Å². The molecule has 0 spiro atoms. The summed E-state index contributed by atoms with van der Waals surface area (Å²) in [6.45, 7) is 4.31. The highest BCUT2D eigenvalue weighted by atomic mass is 16.7. The number of rotatable bonds is 9. The summed E-state index contributed by atoms with van der Waals surface area (Å²) in [4.78, 5) is 24.2. The Morgan fingerprint density at radius 1 is 1.21 bits per heavy atom. The van der Waals surface area contributed by atoms with Gasteiger partial charge in [0.2, 0.25) is 12.7 Å². The highest BCUT2D eigenvalue weighted by Crippen LogP contribution is 2.32. The zero-order valence-electron chi connectivity index (χ0n) is 14.3. The predicted octanol–water partition coefficient (Wildman–Crippen LogP) is 2.59. The van der Waals surface area contributed by atoms with Gasteiger partial charge in [0.25, 0.3) is 0 Å². The molecule has 0 saturated heterocycles. The summed E-state index contributed by atoms with van der Waals surface area (Å²) in [5, 5.41) is 2.79. The zero-order valence-corrected chi connectivity index (χ0v) is 14.3. The fourth-order valence-electron chi connectivity index (χ4n) is 2.54. The number of unbranched alkanes of at least 4 members (excludes halogenated alkanes) is 2. The Morgan fingerprint density at radius 3 is 2.75 bits per heavy atom. The van der Waals surface area contributed by atoms with Crippen molar-refractivity contribution >= 4 is 11.9 Å². The van der Waals surface area contributed by atoms with Gasteiger partial charge in [-0.2, -0.15) is 0 Å². The normalized spacial score (nSPS) is 13.4. The average molecular weight is 335 g/mol. The van der Waals surface area contributed by atoms with Crippen LogP contribution in [0.4, 0.5) is 0 Å². The Balaban J connectivity index is 2.00. The van der Waals surface area contributed by atoms with Gasteiger partial charge >= 0.3 is 5.97 Å². The monoisotopic (exact) mass is 335 g/mol. The minimum atomic E-state index is -0.695. The summed E-state index contributed by atoms with van der Waals surface area (Å²) in [6, 6.07) is 4.81. The average Bonchev–Trinajstić information content (AvgIpc) is 3.02. The standard InChI is InChI=1S/C18H25NO5/c1-3-5-6-7-17(20)19-14(18(21)22-4-2)10-13-8-9-15-16(11-13)24-12-23-15/h8-9,11,14H,3-7,10,12H2,1-2H3,(H,19,20). The molecule has 1 heterocycles. The van der Waals surface area contributed by atoms with Gasteiger partial charge in [0.05, 0.1) is 6.61 Å². The van der Waals surface area contributed by atoms with E-state index in [0.717, 1.165) is 24.8 Å². The van der Waals surface area contributed by atoms with Crippen LogP contribution in [0.15, 0.2) is 18.2 Å². The van der Waals surface area contributed by atoms with Crippen molar-refractivity contribution in [3.8, 4) is 11.5 Å². The van der Waals surface area contributed by atoms with Crippen LogP contribution in [0, 0.1) is 0 Å². The number of benzene rings is 1. The van der Waals surface area contributed by atoms with Gasteiger partial charge in [0.1, 0.15) is 6.04 Å². The quantitative estimate of drug-likeness (QED) is 0.555. The van der Waals surface area contributed by atoms with Gasteiger partial charge in [-0.25, -0.2) is 4.79 Å². The van der Waals surface area contributed by atoms with E-state index in [0.29, 0.717) is 24.3 Å². The maximum atomic E-state index is 12.2. The van der Waals surface area contributed by atoms with E-state index in [4.69, 9.17) is 14.2 Å². The molecule has 1 unspecified atom stereocenters. The zero-order chi connectivity index (χ0) is 17.4. The molecule has 1 aliphatic rings. The first kappa shape index (κ1) is 18.1. The minimum absolute atomic E-state index is 0.123. The molecule has 0 fully saturated rings. The molecule has 24 heavy (non-hydrogen) atoms. The van der Waals surface area contributed by atoms with Crippen molar-refractivity contribution in [1.82, 2.24) is 5.32 Å². The highest BCUT2D eigenvalue weighted by molar-refractivity contribution is 5.84. The van der Waals surface area contributed by atoms with E-state index >= 15 is 0 Å². The molecular formula is C18H25NO5. The molecule has 0 aliphatic carbocycles. The smallest absolute Gasteiger partial charge is 0.328 e. The van der Waals surface area contributed by atoms with Crippen molar-refractivity contribution in [3.05, 3.63) is 23.8 Å². The van der Waals surface area contributed by atoms with Crippen molar-refractivity contribution in [2.75, 3.05) is 13.4 Å². The van der Waals surface area contributed by atoms with Crippen LogP contribution in [0.25, 0.3) is 0 Å². The van der Waals surface area contributed by atoms with Crippen LogP contribution in [0.3, 0.4) is 0 Å². The first-order valence-electron chi connectivity index (χ1n) is 8.48. The van der Waals surface area contributed by atoms with Gasteiger partial charge in [0, 0.05) is 12.8 Å². The molecule has 0 bridgehead atoms. The predicted molar refractivity (Wildman–Crippen MR) is 89.0 cm³/mol. The van der Waals surface area contributed by atoms with E-state index in [1.807, 2.05) is 18.2 Å². The third-order valence-electron chi connectivity index (χ3n) is 3.79. The van der Waals surface area contributed by atoms with Gasteiger partial charge < -0.3 is 19.5 Å². The number of amides is 1.